The fraction of sp³-hybridized carbons (Fsp3) is 0.471. The third kappa shape index (κ3) is 3.50. The van der Waals surface area contributed by atoms with Crippen molar-refractivity contribution in [3.05, 3.63) is 36.7 Å². The summed E-state index contributed by atoms with van der Waals surface area (Å²) in [5, 5.41) is 6.07. The second kappa shape index (κ2) is 6.85. The first-order chi connectivity index (χ1) is 10.4. The molecule has 1 fully saturated rings. The highest BCUT2D eigenvalue weighted by Gasteiger charge is 2.19. The Bertz CT molecular complexity index is 574. The Balaban J connectivity index is 1.62. The quantitative estimate of drug-likeness (QED) is 0.912. The molecule has 1 aliphatic heterocycles. The van der Waals surface area contributed by atoms with Gasteiger partial charge in [0.2, 0.25) is 0 Å². The van der Waals surface area contributed by atoms with Gasteiger partial charge in [0.25, 0.3) is 0 Å². The number of likely N-dealkylation sites (tertiary alicyclic amines) is 1. The first-order valence-corrected chi connectivity index (χ1v) is 7.74. The van der Waals surface area contributed by atoms with Gasteiger partial charge in [-0.15, -0.1) is 0 Å². The van der Waals surface area contributed by atoms with Crippen LogP contribution in [0.5, 0.6) is 0 Å². The van der Waals surface area contributed by atoms with Crippen molar-refractivity contribution in [2.45, 2.75) is 25.3 Å². The lowest BCUT2D eigenvalue weighted by atomic mass is 10.0. The maximum absolute atomic E-state index is 12.2. The molecule has 2 aromatic rings. The Morgan fingerprint density at radius 3 is 2.90 bits per heavy atom. The van der Waals surface area contributed by atoms with Gasteiger partial charge in [0.1, 0.15) is 0 Å². The smallest absolute Gasteiger partial charge is 0.0906 e. The molecule has 0 radical (unpaired) electrons. The van der Waals surface area contributed by atoms with Crippen LogP contribution < -0.4 is 5.32 Å². The van der Waals surface area contributed by atoms with E-state index in [4.69, 9.17) is 0 Å². The number of aromatic nitrogens is 1. The van der Waals surface area contributed by atoms with E-state index in [-0.39, 0.29) is 6.67 Å². The molecule has 0 unspecified atom stereocenters. The highest BCUT2D eigenvalue weighted by atomic mass is 19.1. The average molecular weight is 287 g/mol. The minimum absolute atomic E-state index is 0.206. The first kappa shape index (κ1) is 14.3. The SMILES string of the molecule is FCCCN1CCC(Nc2cccc3cnccc23)CC1. The Morgan fingerprint density at radius 2 is 2.10 bits per heavy atom. The second-order valence-corrected chi connectivity index (χ2v) is 5.71. The number of piperidine rings is 1. The van der Waals surface area contributed by atoms with Crippen molar-refractivity contribution >= 4 is 16.5 Å². The van der Waals surface area contributed by atoms with Crippen LogP contribution in [0.1, 0.15) is 19.3 Å². The number of fused-ring (bicyclic) bond motifs is 1. The number of halogens is 1. The fourth-order valence-corrected chi connectivity index (χ4v) is 3.05. The summed E-state index contributed by atoms with van der Waals surface area (Å²) < 4.78 is 12.2. The molecule has 3 rings (SSSR count). The zero-order chi connectivity index (χ0) is 14.5. The molecule has 4 heteroatoms. The van der Waals surface area contributed by atoms with Crippen molar-refractivity contribution in [2.75, 3.05) is 31.6 Å². The highest BCUT2D eigenvalue weighted by molar-refractivity contribution is 5.93. The highest BCUT2D eigenvalue weighted by Crippen LogP contribution is 2.25. The molecule has 1 N–H and O–H groups in total. The van der Waals surface area contributed by atoms with E-state index in [1.54, 1.807) is 0 Å². The van der Waals surface area contributed by atoms with Gasteiger partial charge in [-0.2, -0.15) is 0 Å². The first-order valence-electron chi connectivity index (χ1n) is 7.74. The maximum Gasteiger partial charge on any atom is 0.0906 e. The van der Waals surface area contributed by atoms with Gasteiger partial charge >= 0.3 is 0 Å². The second-order valence-electron chi connectivity index (χ2n) is 5.71. The lowest BCUT2D eigenvalue weighted by Crippen LogP contribution is -2.39. The molecule has 2 heterocycles. The lowest BCUT2D eigenvalue weighted by Gasteiger charge is -2.32. The number of hydrogen-bond donors (Lipinski definition) is 1. The number of anilines is 1. The van der Waals surface area contributed by atoms with Crippen molar-refractivity contribution in [2.24, 2.45) is 0 Å². The van der Waals surface area contributed by atoms with Gasteiger partial charge in [-0.3, -0.25) is 9.37 Å². The van der Waals surface area contributed by atoms with E-state index in [1.165, 1.54) is 16.5 Å². The third-order valence-electron chi connectivity index (χ3n) is 4.24. The Labute approximate surface area is 125 Å². The van der Waals surface area contributed by atoms with Crippen molar-refractivity contribution < 1.29 is 4.39 Å². The summed E-state index contributed by atoms with van der Waals surface area (Å²) in [5.41, 5.74) is 1.19. The van der Waals surface area contributed by atoms with Gasteiger partial charge in [0, 0.05) is 54.5 Å². The molecular weight excluding hydrogens is 265 g/mol. The van der Waals surface area contributed by atoms with E-state index in [0.717, 1.165) is 32.5 Å². The molecule has 112 valence electrons. The van der Waals surface area contributed by atoms with Crippen LogP contribution in [0.15, 0.2) is 36.7 Å². The van der Waals surface area contributed by atoms with Crippen LogP contribution in [0, 0.1) is 0 Å². The molecular formula is C17H22FN3. The predicted molar refractivity (Wildman–Crippen MR) is 85.4 cm³/mol. The predicted octanol–water partition coefficient (Wildman–Crippen LogP) is 3.47. The monoisotopic (exact) mass is 287 g/mol. The maximum atomic E-state index is 12.2. The largest absolute Gasteiger partial charge is 0.382 e. The van der Waals surface area contributed by atoms with Crippen LogP contribution in [0.4, 0.5) is 10.1 Å². The minimum atomic E-state index is -0.206. The van der Waals surface area contributed by atoms with E-state index in [0.29, 0.717) is 12.5 Å². The molecule has 1 aromatic heterocycles. The normalized spacial score (nSPS) is 17.2. The van der Waals surface area contributed by atoms with Crippen molar-refractivity contribution in [1.82, 2.24) is 9.88 Å². The lowest BCUT2D eigenvalue weighted by molar-refractivity contribution is 0.210. The van der Waals surface area contributed by atoms with E-state index in [9.17, 15) is 4.39 Å². The molecule has 0 amide bonds. The van der Waals surface area contributed by atoms with E-state index in [1.807, 2.05) is 12.4 Å². The Hall–Kier alpha value is -1.68. The van der Waals surface area contributed by atoms with E-state index in [2.05, 4.69) is 39.5 Å². The van der Waals surface area contributed by atoms with E-state index >= 15 is 0 Å². The van der Waals surface area contributed by atoms with Crippen molar-refractivity contribution in [3.8, 4) is 0 Å². The molecule has 21 heavy (non-hydrogen) atoms. The Morgan fingerprint density at radius 1 is 1.24 bits per heavy atom. The zero-order valence-electron chi connectivity index (χ0n) is 12.3. The van der Waals surface area contributed by atoms with Gasteiger partial charge < -0.3 is 10.2 Å². The molecule has 0 saturated carbocycles. The standard InChI is InChI=1S/C17H22FN3/c18-8-2-10-21-11-6-15(7-12-21)20-17-4-1-3-14-13-19-9-5-16(14)17/h1,3-5,9,13,15,20H,2,6-8,10-12H2. The summed E-state index contributed by atoms with van der Waals surface area (Å²) in [7, 11) is 0. The molecule has 1 aliphatic rings. The van der Waals surface area contributed by atoms with Gasteiger partial charge in [-0.25, -0.2) is 0 Å². The molecule has 0 aliphatic carbocycles. The molecule has 0 bridgehead atoms. The topological polar surface area (TPSA) is 28.2 Å². The Kier molecular flexibility index (Phi) is 4.65. The van der Waals surface area contributed by atoms with Crippen molar-refractivity contribution in [1.29, 1.82) is 0 Å². The number of rotatable bonds is 5. The molecule has 1 saturated heterocycles. The van der Waals surface area contributed by atoms with E-state index < -0.39 is 0 Å². The summed E-state index contributed by atoms with van der Waals surface area (Å²) >= 11 is 0. The summed E-state index contributed by atoms with van der Waals surface area (Å²) in [6, 6.07) is 8.87. The van der Waals surface area contributed by atoms with Crippen LogP contribution in [-0.4, -0.2) is 42.2 Å². The van der Waals surface area contributed by atoms with Gasteiger partial charge in [0.05, 0.1) is 6.67 Å². The summed E-state index contributed by atoms with van der Waals surface area (Å²) in [6.45, 7) is 2.80. The molecule has 3 nitrogen and oxygen atoms in total. The van der Waals surface area contributed by atoms with Gasteiger partial charge in [-0.05, 0) is 31.4 Å². The number of alkyl halides is 1. The summed E-state index contributed by atoms with van der Waals surface area (Å²) in [6.07, 6.45) is 6.64. The average Bonchev–Trinajstić information content (AvgIpc) is 2.55. The van der Waals surface area contributed by atoms with Crippen LogP contribution >= 0.6 is 0 Å². The fourth-order valence-electron chi connectivity index (χ4n) is 3.05. The van der Waals surface area contributed by atoms with Crippen LogP contribution in [0.25, 0.3) is 10.8 Å². The number of pyridine rings is 1. The van der Waals surface area contributed by atoms with Crippen LogP contribution in [0.2, 0.25) is 0 Å². The van der Waals surface area contributed by atoms with Crippen molar-refractivity contribution in [3.63, 3.8) is 0 Å². The van der Waals surface area contributed by atoms with Crippen LogP contribution in [-0.2, 0) is 0 Å². The molecule has 0 atom stereocenters. The minimum Gasteiger partial charge on any atom is -0.382 e. The number of nitrogens with one attached hydrogen (secondary N) is 1. The third-order valence-corrected chi connectivity index (χ3v) is 4.24. The summed E-state index contributed by atoms with van der Waals surface area (Å²) in [5.74, 6) is 0. The number of hydrogen-bond acceptors (Lipinski definition) is 3. The number of benzene rings is 1. The summed E-state index contributed by atoms with van der Waals surface area (Å²) in [4.78, 5) is 6.54. The van der Waals surface area contributed by atoms with Gasteiger partial charge in [-0.1, -0.05) is 12.1 Å². The zero-order valence-corrected chi connectivity index (χ0v) is 12.3. The molecule has 0 spiro atoms. The molecule has 1 aromatic carbocycles. The number of nitrogens with zero attached hydrogens (tertiary/aromatic N) is 2. The van der Waals surface area contributed by atoms with Crippen LogP contribution in [0.3, 0.4) is 0 Å². The van der Waals surface area contributed by atoms with Gasteiger partial charge in [0.15, 0.2) is 0 Å².